The van der Waals surface area contributed by atoms with Gasteiger partial charge in [-0.25, -0.2) is 10.1 Å². The molecule has 2 aliphatic rings. The van der Waals surface area contributed by atoms with Crippen molar-refractivity contribution >= 4 is 50.7 Å². The van der Waals surface area contributed by atoms with E-state index in [2.05, 4.69) is 34.3 Å². The Hall–Kier alpha value is -2.47. The largest absolute Gasteiger partial charge is 0.466 e. The Morgan fingerprint density at radius 2 is 2.00 bits per heavy atom. The third-order valence-electron chi connectivity index (χ3n) is 6.57. The molecule has 1 aromatic heterocycles. The molecule has 1 fully saturated rings. The Bertz CT molecular complexity index is 1230. The predicted octanol–water partition coefficient (Wildman–Crippen LogP) is 5.68. The summed E-state index contributed by atoms with van der Waals surface area (Å²) in [5.41, 5.74) is 1.89. The second kappa shape index (κ2) is 19.6. The topological polar surface area (TPSA) is 87.2 Å². The summed E-state index contributed by atoms with van der Waals surface area (Å²) in [4.78, 5) is 17.4. The van der Waals surface area contributed by atoms with Crippen molar-refractivity contribution in [1.82, 2.24) is 4.90 Å². The van der Waals surface area contributed by atoms with E-state index >= 15 is 0 Å². The first-order valence-electron chi connectivity index (χ1n) is 14.2. The summed E-state index contributed by atoms with van der Waals surface area (Å²) in [5, 5.41) is 19.0. The molecule has 1 N–H and O–H groups in total. The summed E-state index contributed by atoms with van der Waals surface area (Å²) < 4.78 is 12.4. The molecule has 0 saturated carbocycles. The van der Waals surface area contributed by atoms with Gasteiger partial charge in [-0.3, -0.25) is 4.79 Å². The molecule has 1 unspecified atom stereocenters. The van der Waals surface area contributed by atoms with E-state index in [9.17, 15) is 10.1 Å². The van der Waals surface area contributed by atoms with Crippen molar-refractivity contribution in [2.75, 3.05) is 32.1 Å². The first kappa shape index (κ1) is 33.0. The Morgan fingerprint density at radius 3 is 2.73 bits per heavy atom. The lowest BCUT2D eigenvalue weighted by Crippen LogP contribution is -2.13. The van der Waals surface area contributed by atoms with Crippen LogP contribution < -0.4 is 9.06 Å². The fourth-order valence-corrected chi connectivity index (χ4v) is 8.37. The molecule has 3 rings (SSSR count). The van der Waals surface area contributed by atoms with Gasteiger partial charge in [-0.1, -0.05) is 40.5 Å². The van der Waals surface area contributed by atoms with Gasteiger partial charge >= 0.3 is 5.97 Å². The quantitative estimate of drug-likeness (QED) is 0.104. The highest BCUT2D eigenvalue weighted by atomic mass is 33.1. The van der Waals surface area contributed by atoms with Crippen LogP contribution >= 0.6 is 32.9 Å². The minimum atomic E-state index is -0.0750. The first-order chi connectivity index (χ1) is 20.1. The van der Waals surface area contributed by atoms with Crippen LogP contribution in [0.1, 0.15) is 63.4 Å². The van der Waals surface area contributed by atoms with Crippen LogP contribution in [0.3, 0.4) is 0 Å². The third-order valence-corrected chi connectivity index (χ3v) is 10.7. The van der Waals surface area contributed by atoms with E-state index in [1.165, 1.54) is 29.9 Å². The van der Waals surface area contributed by atoms with Crippen molar-refractivity contribution in [2.45, 2.75) is 69.6 Å². The van der Waals surface area contributed by atoms with E-state index < -0.39 is 0 Å². The molecule has 0 bridgehead atoms. The van der Waals surface area contributed by atoms with E-state index in [0.29, 0.717) is 17.6 Å². The van der Waals surface area contributed by atoms with Crippen LogP contribution in [0, 0.1) is 17.9 Å². The van der Waals surface area contributed by atoms with Crippen molar-refractivity contribution < 1.29 is 19.4 Å². The molecular weight excluding hydrogens is 575 g/mol. The van der Waals surface area contributed by atoms with Crippen LogP contribution in [-0.4, -0.2) is 53.3 Å². The first-order valence-corrected chi connectivity index (χ1v) is 17.4. The highest BCUT2D eigenvalue weighted by molar-refractivity contribution is 8.77. The number of aliphatic hydroxyl groups is 1. The molecule has 1 saturated heterocycles. The minimum Gasteiger partial charge on any atom is -0.466 e. The molecule has 0 aliphatic carbocycles. The molecule has 1 aromatic rings. The van der Waals surface area contributed by atoms with Crippen LogP contribution in [0.15, 0.2) is 42.3 Å². The van der Waals surface area contributed by atoms with Gasteiger partial charge in [0.15, 0.2) is 0 Å². The van der Waals surface area contributed by atoms with Crippen molar-refractivity contribution in [3.05, 3.63) is 68.3 Å². The zero-order valence-electron chi connectivity index (χ0n) is 23.5. The van der Waals surface area contributed by atoms with Crippen LogP contribution in [-0.2, 0) is 20.9 Å². The third kappa shape index (κ3) is 12.5. The van der Waals surface area contributed by atoms with Crippen LogP contribution in [0.4, 0.5) is 0 Å². The number of carbonyl (C=O) groups is 1. The molecular formula is C31H39N3O4S3. The summed E-state index contributed by atoms with van der Waals surface area (Å²) in [5.74, 6) is 1.21. The van der Waals surface area contributed by atoms with E-state index in [1.807, 2.05) is 45.9 Å². The molecule has 0 radical (unpaired) electrons. The number of unbranched alkanes of at least 4 members (excludes halogenated alkanes) is 4. The zero-order valence-corrected chi connectivity index (χ0v) is 25.9. The van der Waals surface area contributed by atoms with Crippen molar-refractivity contribution in [3.63, 3.8) is 0 Å². The molecule has 0 amide bonds. The lowest BCUT2D eigenvalue weighted by Gasteiger charge is -2.18. The molecule has 3 heterocycles. The highest BCUT2D eigenvalue weighted by Gasteiger charge is 2.16. The number of thiophene rings is 1. The number of carbonyl (C=O) groups excluding carboxylic acids is 1. The second-order valence-electron chi connectivity index (χ2n) is 9.76. The maximum absolute atomic E-state index is 11.9. The molecule has 7 nitrogen and oxygen atoms in total. The molecule has 2 aliphatic heterocycles. The van der Waals surface area contributed by atoms with Crippen LogP contribution in [0.5, 0.6) is 0 Å². The van der Waals surface area contributed by atoms with Gasteiger partial charge in [-0.15, -0.1) is 11.3 Å². The fourth-order valence-electron chi connectivity index (χ4n) is 4.33. The van der Waals surface area contributed by atoms with Gasteiger partial charge in [0.2, 0.25) is 0 Å². The molecule has 0 spiro atoms. The number of nitrogens with zero attached hydrogens (tertiary/aromatic N) is 3. The molecule has 41 heavy (non-hydrogen) atoms. The lowest BCUT2D eigenvalue weighted by molar-refractivity contribution is -0.143. The Labute approximate surface area is 255 Å². The number of esters is 1. The van der Waals surface area contributed by atoms with Gasteiger partial charge in [-0.2, -0.15) is 0 Å². The molecule has 10 heteroatoms. The van der Waals surface area contributed by atoms with Gasteiger partial charge in [0.05, 0.1) is 43.6 Å². The summed E-state index contributed by atoms with van der Waals surface area (Å²) in [6.07, 6.45) is 21.5. The minimum absolute atomic E-state index is 0.0520. The SMILES string of the molecule is [C-]#[N+]/C(C#N)=c1\s/c(=C/C=C2C=CN(CCCCCCOC(=O)CCCCC3CCSS3)C=C2)cc1COCCO. The average molecular weight is 614 g/mol. The van der Waals surface area contributed by atoms with E-state index in [4.69, 9.17) is 21.2 Å². The summed E-state index contributed by atoms with van der Waals surface area (Å²) in [6, 6.07) is 3.89. The van der Waals surface area contributed by atoms with Crippen LogP contribution in [0.2, 0.25) is 0 Å². The summed E-state index contributed by atoms with van der Waals surface area (Å²) >= 11 is 1.39. The van der Waals surface area contributed by atoms with Gasteiger partial charge in [0, 0.05) is 40.9 Å². The number of ether oxygens (including phenoxy) is 2. The van der Waals surface area contributed by atoms with Crippen molar-refractivity contribution in [3.8, 4) is 6.07 Å². The predicted molar refractivity (Wildman–Crippen MR) is 170 cm³/mol. The van der Waals surface area contributed by atoms with Gasteiger partial charge < -0.3 is 19.5 Å². The summed E-state index contributed by atoms with van der Waals surface area (Å²) in [6.45, 7) is 9.12. The standard InChI is InChI=1S/C31H39N3O4S3/c1-33-29(23-32)31-26(24-37-20-18-35)22-28(40-31)11-10-25-12-16-34(17-13-25)15-6-2-3-7-19-38-30(36)9-5-4-8-27-14-21-39-41-27/h10-13,16-17,22,27,35H,2-9,14-15,18-21,24H2/b28-11+,31-29-. The summed E-state index contributed by atoms with van der Waals surface area (Å²) in [7, 11) is 3.97. The monoisotopic (exact) mass is 613 g/mol. The average Bonchev–Trinajstić information content (AvgIpc) is 3.66. The number of aliphatic hydroxyl groups excluding tert-OH is 1. The number of hydrogen-bond donors (Lipinski definition) is 1. The maximum atomic E-state index is 11.9. The Morgan fingerprint density at radius 1 is 1.17 bits per heavy atom. The zero-order chi connectivity index (χ0) is 29.1. The van der Waals surface area contributed by atoms with Gasteiger partial charge in [0.1, 0.15) is 0 Å². The fraction of sp³-hybridized carbons (Fsp3) is 0.516. The van der Waals surface area contributed by atoms with Crippen molar-refractivity contribution in [1.29, 1.82) is 5.26 Å². The van der Waals surface area contributed by atoms with Crippen molar-refractivity contribution in [2.24, 2.45) is 0 Å². The van der Waals surface area contributed by atoms with Gasteiger partial charge in [-0.05, 0) is 74.0 Å². The number of hydrogen-bond acceptors (Lipinski definition) is 9. The van der Waals surface area contributed by atoms with Crippen LogP contribution in [0.25, 0.3) is 16.6 Å². The Balaban J connectivity index is 1.32. The molecule has 1 atom stereocenters. The molecule has 0 aromatic carbocycles. The smallest absolute Gasteiger partial charge is 0.305 e. The lowest BCUT2D eigenvalue weighted by atomic mass is 10.1. The van der Waals surface area contributed by atoms with E-state index in [-0.39, 0.29) is 31.5 Å². The van der Waals surface area contributed by atoms with E-state index in [0.717, 1.165) is 66.0 Å². The van der Waals surface area contributed by atoms with Gasteiger partial charge in [0.25, 0.3) is 5.70 Å². The maximum Gasteiger partial charge on any atom is 0.305 e. The number of rotatable bonds is 17. The second-order valence-corrected chi connectivity index (χ2v) is 13.6. The normalized spacial score (nSPS) is 17.4. The number of nitriles is 1. The highest BCUT2D eigenvalue weighted by Crippen LogP contribution is 2.39. The number of allylic oxidation sites excluding steroid dienone is 4. The van der Waals surface area contributed by atoms with E-state index in [1.54, 1.807) is 0 Å². The Kier molecular flexibility index (Phi) is 15.8. The molecule has 220 valence electrons.